The van der Waals surface area contributed by atoms with E-state index in [9.17, 15) is 19.5 Å². The van der Waals surface area contributed by atoms with E-state index in [-0.39, 0.29) is 39.1 Å². The fourth-order valence-electron chi connectivity index (χ4n) is 10.1. The van der Waals surface area contributed by atoms with E-state index in [0.29, 0.717) is 18.3 Å². The van der Waals surface area contributed by atoms with Crippen molar-refractivity contribution in [2.75, 3.05) is 0 Å². The van der Waals surface area contributed by atoms with E-state index in [4.69, 9.17) is 0 Å². The highest BCUT2D eigenvalue weighted by atomic mass is 16.4. The van der Waals surface area contributed by atoms with Crippen molar-refractivity contribution < 1.29 is 19.5 Å². The Labute approximate surface area is 199 Å². The molecule has 0 spiro atoms. The van der Waals surface area contributed by atoms with Crippen molar-refractivity contribution >= 4 is 17.5 Å². The average molecular weight is 455 g/mol. The molecule has 5 aliphatic carbocycles. The Balaban J connectivity index is 1.57. The number of hydrogen-bond acceptors (Lipinski definition) is 3. The standard InChI is InChI=1S/C29H42O4/c1-17-18-7-8-21-27(4,19(18)15-20(30)23(17)31)12-14-29(6)22-16-26(3,24(32)33)10-9-25(22,2)11-13-28(21,29)5/h19,21-22H,7-16H2,1-6H3,(H,32,33)/t19?,21?,22?,25-,26-,27+,28-,29+/m1/s1. The Morgan fingerprint density at radius 2 is 1.48 bits per heavy atom. The van der Waals surface area contributed by atoms with Gasteiger partial charge in [-0.1, -0.05) is 33.3 Å². The normalized spacial score (nSPS) is 51.9. The summed E-state index contributed by atoms with van der Waals surface area (Å²) in [5, 5.41) is 10.1. The Bertz CT molecular complexity index is 978. The highest BCUT2D eigenvalue weighted by Crippen LogP contribution is 2.76. The van der Waals surface area contributed by atoms with Crippen molar-refractivity contribution in [2.24, 2.45) is 44.8 Å². The monoisotopic (exact) mass is 454 g/mol. The summed E-state index contributed by atoms with van der Waals surface area (Å²) in [6.45, 7) is 13.7. The van der Waals surface area contributed by atoms with Crippen LogP contribution in [0, 0.1) is 44.8 Å². The zero-order valence-corrected chi connectivity index (χ0v) is 21.5. The van der Waals surface area contributed by atoms with Crippen molar-refractivity contribution in [3.63, 3.8) is 0 Å². The Morgan fingerprint density at radius 3 is 2.15 bits per heavy atom. The van der Waals surface area contributed by atoms with Gasteiger partial charge in [0.15, 0.2) is 0 Å². The van der Waals surface area contributed by atoms with Gasteiger partial charge in [-0.2, -0.15) is 0 Å². The molecule has 5 rings (SSSR count). The molecule has 4 nitrogen and oxygen atoms in total. The first-order valence-electron chi connectivity index (χ1n) is 13.2. The summed E-state index contributed by atoms with van der Waals surface area (Å²) in [4.78, 5) is 37.3. The number of hydrogen-bond donors (Lipinski definition) is 1. The molecule has 33 heavy (non-hydrogen) atoms. The van der Waals surface area contributed by atoms with Gasteiger partial charge in [-0.25, -0.2) is 0 Å². The lowest BCUT2D eigenvalue weighted by atomic mass is 9.31. The Kier molecular flexibility index (Phi) is 4.81. The van der Waals surface area contributed by atoms with Crippen LogP contribution in [0.4, 0.5) is 0 Å². The van der Waals surface area contributed by atoms with E-state index in [1.165, 1.54) is 18.4 Å². The molecule has 4 fully saturated rings. The number of rotatable bonds is 1. The van der Waals surface area contributed by atoms with Crippen LogP contribution in [-0.2, 0) is 14.4 Å². The van der Waals surface area contributed by atoms with E-state index in [0.717, 1.165) is 50.5 Å². The SMILES string of the molecule is CC1=C2CCC3[C@@](C)(CC[C@@]4(C)C5C[C@](C)(C(=O)O)CC[C@]5(C)CC[C@]34C)C2CC(=O)C1=O. The topological polar surface area (TPSA) is 71.4 Å². The van der Waals surface area contributed by atoms with Gasteiger partial charge in [-0.3, -0.25) is 14.4 Å². The van der Waals surface area contributed by atoms with Gasteiger partial charge >= 0.3 is 5.97 Å². The number of Topliss-reactive ketones (excluding diaryl/α,β-unsaturated/α-hetero) is 2. The largest absolute Gasteiger partial charge is 0.481 e. The molecule has 0 radical (unpaired) electrons. The minimum Gasteiger partial charge on any atom is -0.481 e. The second kappa shape index (κ2) is 6.82. The van der Waals surface area contributed by atoms with Gasteiger partial charge in [0.1, 0.15) is 0 Å². The summed E-state index contributed by atoms with van der Waals surface area (Å²) in [5.41, 5.74) is 1.87. The molecule has 3 unspecified atom stereocenters. The van der Waals surface area contributed by atoms with E-state index in [1.807, 2.05) is 13.8 Å². The van der Waals surface area contributed by atoms with Crippen LogP contribution in [0.15, 0.2) is 11.1 Å². The number of ketones is 2. The third-order valence-corrected chi connectivity index (χ3v) is 12.7. The zero-order chi connectivity index (χ0) is 24.2. The summed E-state index contributed by atoms with van der Waals surface area (Å²) in [5.74, 6) is 0.0486. The predicted octanol–water partition coefficient (Wildman–Crippen LogP) is 6.37. The van der Waals surface area contributed by atoms with Crippen LogP contribution >= 0.6 is 0 Å². The second-order valence-corrected chi connectivity index (χ2v) is 13.9. The van der Waals surface area contributed by atoms with Gasteiger partial charge in [0.2, 0.25) is 11.6 Å². The zero-order valence-electron chi connectivity index (χ0n) is 21.5. The molecule has 4 saturated carbocycles. The smallest absolute Gasteiger partial charge is 0.309 e. The molecule has 0 bridgehead atoms. The predicted molar refractivity (Wildman–Crippen MR) is 128 cm³/mol. The number of carbonyl (C=O) groups is 3. The van der Waals surface area contributed by atoms with Crippen molar-refractivity contribution in [1.82, 2.24) is 0 Å². The van der Waals surface area contributed by atoms with Gasteiger partial charge in [-0.05, 0) is 117 Å². The van der Waals surface area contributed by atoms with Crippen molar-refractivity contribution in [2.45, 2.75) is 106 Å². The highest BCUT2D eigenvalue weighted by Gasteiger charge is 2.69. The average Bonchev–Trinajstić information content (AvgIpc) is 2.75. The maximum atomic E-state index is 12.6. The summed E-state index contributed by atoms with van der Waals surface area (Å²) in [6, 6.07) is 0. The minimum absolute atomic E-state index is 0.0397. The van der Waals surface area contributed by atoms with E-state index in [1.54, 1.807) is 0 Å². The molecule has 1 N–H and O–H groups in total. The van der Waals surface area contributed by atoms with Gasteiger partial charge in [0.05, 0.1) is 5.41 Å². The lowest BCUT2D eigenvalue weighted by Gasteiger charge is -2.73. The van der Waals surface area contributed by atoms with Crippen molar-refractivity contribution in [3.05, 3.63) is 11.1 Å². The van der Waals surface area contributed by atoms with Crippen LogP contribution in [-0.4, -0.2) is 22.6 Å². The van der Waals surface area contributed by atoms with Crippen LogP contribution in [0.3, 0.4) is 0 Å². The summed E-state index contributed by atoms with van der Waals surface area (Å²) >= 11 is 0. The van der Waals surface area contributed by atoms with Crippen molar-refractivity contribution in [1.29, 1.82) is 0 Å². The lowest BCUT2D eigenvalue weighted by Crippen LogP contribution is -2.66. The third-order valence-electron chi connectivity index (χ3n) is 12.7. The van der Waals surface area contributed by atoms with Gasteiger partial charge < -0.3 is 5.11 Å². The molecule has 182 valence electrons. The fourth-order valence-corrected chi connectivity index (χ4v) is 10.1. The molecule has 4 heteroatoms. The van der Waals surface area contributed by atoms with Crippen LogP contribution in [0.25, 0.3) is 0 Å². The number of carbonyl (C=O) groups excluding carboxylic acids is 2. The molecule has 0 amide bonds. The lowest BCUT2D eigenvalue weighted by molar-refractivity contribution is -0.234. The molecular formula is C29H42O4. The number of allylic oxidation sites excluding steroid dienone is 2. The van der Waals surface area contributed by atoms with Gasteiger partial charge in [0, 0.05) is 6.42 Å². The summed E-state index contributed by atoms with van der Waals surface area (Å²) in [7, 11) is 0. The molecule has 0 heterocycles. The minimum atomic E-state index is -0.630. The first-order chi connectivity index (χ1) is 15.2. The van der Waals surface area contributed by atoms with Gasteiger partial charge in [0.25, 0.3) is 0 Å². The van der Waals surface area contributed by atoms with E-state index >= 15 is 0 Å². The molecule has 0 aromatic rings. The van der Waals surface area contributed by atoms with Crippen LogP contribution < -0.4 is 0 Å². The first-order valence-corrected chi connectivity index (χ1v) is 13.2. The van der Waals surface area contributed by atoms with Crippen molar-refractivity contribution in [3.8, 4) is 0 Å². The third kappa shape index (κ3) is 2.79. The molecular weight excluding hydrogens is 412 g/mol. The first kappa shape index (κ1) is 23.3. The number of carboxylic acid groups (broad SMARTS) is 1. The van der Waals surface area contributed by atoms with E-state index < -0.39 is 11.4 Å². The highest BCUT2D eigenvalue weighted by molar-refractivity contribution is 6.44. The maximum absolute atomic E-state index is 12.6. The number of carboxylic acids is 1. The number of fused-ring (bicyclic) bond motifs is 7. The van der Waals surface area contributed by atoms with E-state index in [2.05, 4.69) is 27.7 Å². The molecule has 0 aliphatic heterocycles. The summed E-state index contributed by atoms with van der Waals surface area (Å²) in [6.07, 6.45) is 9.55. The fraction of sp³-hybridized carbons (Fsp3) is 0.828. The number of aliphatic carboxylic acids is 1. The molecule has 0 saturated heterocycles. The molecule has 0 aromatic heterocycles. The molecule has 5 aliphatic rings. The Hall–Kier alpha value is -1.45. The summed E-state index contributed by atoms with van der Waals surface area (Å²) < 4.78 is 0. The van der Waals surface area contributed by atoms with Crippen LogP contribution in [0.2, 0.25) is 0 Å². The second-order valence-electron chi connectivity index (χ2n) is 13.9. The van der Waals surface area contributed by atoms with Gasteiger partial charge in [-0.15, -0.1) is 0 Å². The Morgan fingerprint density at radius 1 is 0.879 bits per heavy atom. The maximum Gasteiger partial charge on any atom is 0.309 e. The molecule has 8 atom stereocenters. The van der Waals surface area contributed by atoms with Crippen LogP contribution in [0.1, 0.15) is 106 Å². The molecule has 0 aromatic carbocycles. The quantitative estimate of drug-likeness (QED) is 0.467. The van der Waals surface area contributed by atoms with Crippen LogP contribution in [0.5, 0.6) is 0 Å².